The van der Waals surface area contributed by atoms with E-state index in [1.54, 1.807) is 7.11 Å². The lowest BCUT2D eigenvalue weighted by atomic mass is 10.2. The predicted octanol–water partition coefficient (Wildman–Crippen LogP) is 3.33. The van der Waals surface area contributed by atoms with Gasteiger partial charge >= 0.3 is 0 Å². The number of thiophene rings is 1. The third kappa shape index (κ3) is 2.79. The van der Waals surface area contributed by atoms with E-state index in [-0.39, 0.29) is 6.61 Å². The number of rotatable bonds is 5. The summed E-state index contributed by atoms with van der Waals surface area (Å²) in [6.45, 7) is 0.138. The zero-order chi connectivity index (χ0) is 16.4. The summed E-state index contributed by atoms with van der Waals surface area (Å²) in [6.07, 6.45) is 1.48. The molecule has 7 nitrogen and oxygen atoms in total. The second-order valence-corrected chi connectivity index (χ2v) is 5.75. The molecule has 0 aliphatic carbocycles. The van der Waals surface area contributed by atoms with Crippen molar-refractivity contribution < 1.29 is 14.0 Å². The van der Waals surface area contributed by atoms with Crippen LogP contribution in [0.15, 0.2) is 46.6 Å². The van der Waals surface area contributed by atoms with Gasteiger partial charge in [0.2, 0.25) is 11.7 Å². The van der Waals surface area contributed by atoms with Crippen LogP contribution in [0.25, 0.3) is 21.6 Å². The van der Waals surface area contributed by atoms with Gasteiger partial charge in [0.15, 0.2) is 6.61 Å². The van der Waals surface area contributed by atoms with Gasteiger partial charge in [-0.1, -0.05) is 17.3 Å². The summed E-state index contributed by atoms with van der Waals surface area (Å²) in [5.41, 5.74) is 0.812. The van der Waals surface area contributed by atoms with Crippen LogP contribution in [-0.4, -0.2) is 27.2 Å². The van der Waals surface area contributed by atoms with Crippen LogP contribution in [-0.2, 0) is 6.61 Å². The molecule has 0 fully saturated rings. The second-order valence-electron chi connectivity index (χ2n) is 4.85. The quantitative estimate of drug-likeness (QED) is 0.551. The number of hydrogen-bond acceptors (Lipinski definition) is 8. The molecule has 0 aliphatic rings. The van der Waals surface area contributed by atoms with Gasteiger partial charge in [0.05, 0.1) is 12.5 Å². The molecule has 0 unspecified atom stereocenters. The smallest absolute Gasteiger partial charge is 0.264 e. The van der Waals surface area contributed by atoms with Crippen LogP contribution in [0.5, 0.6) is 11.6 Å². The highest BCUT2D eigenvalue weighted by molar-refractivity contribution is 7.16. The van der Waals surface area contributed by atoms with Crippen LogP contribution < -0.4 is 9.47 Å². The summed E-state index contributed by atoms with van der Waals surface area (Å²) in [6, 6.07) is 9.38. The molecule has 0 saturated carbocycles. The minimum absolute atomic E-state index is 0.138. The highest BCUT2D eigenvalue weighted by Gasteiger charge is 2.12. The van der Waals surface area contributed by atoms with Gasteiger partial charge in [0.1, 0.15) is 16.9 Å². The SMILES string of the molecule is COc1cccc(-c2noc(COc3ncnc4sccc34)n2)c1. The molecule has 3 aromatic heterocycles. The number of methoxy groups -OCH3 is 1. The second kappa shape index (κ2) is 6.25. The molecule has 0 saturated heterocycles. The summed E-state index contributed by atoms with van der Waals surface area (Å²) in [4.78, 5) is 13.5. The molecular formula is C16H12N4O3S. The van der Waals surface area contributed by atoms with Crippen molar-refractivity contribution in [2.24, 2.45) is 0 Å². The summed E-state index contributed by atoms with van der Waals surface area (Å²) >= 11 is 1.53. The van der Waals surface area contributed by atoms with E-state index in [2.05, 4.69) is 20.1 Å². The molecule has 4 rings (SSSR count). The molecule has 1 aromatic carbocycles. The minimum Gasteiger partial charge on any atom is -0.497 e. The summed E-state index contributed by atoms with van der Waals surface area (Å²) < 4.78 is 16.1. The third-order valence-corrected chi connectivity index (χ3v) is 4.17. The molecule has 0 atom stereocenters. The molecule has 4 aromatic rings. The van der Waals surface area contributed by atoms with Crippen molar-refractivity contribution in [1.82, 2.24) is 20.1 Å². The molecule has 0 amide bonds. The maximum atomic E-state index is 5.69. The molecule has 0 bridgehead atoms. The number of fused-ring (bicyclic) bond motifs is 1. The van der Waals surface area contributed by atoms with Crippen LogP contribution in [0, 0.1) is 0 Å². The summed E-state index contributed by atoms with van der Waals surface area (Å²) in [7, 11) is 1.61. The van der Waals surface area contributed by atoms with Gasteiger partial charge < -0.3 is 14.0 Å². The lowest BCUT2D eigenvalue weighted by Crippen LogP contribution is -1.98. The van der Waals surface area contributed by atoms with Crippen molar-refractivity contribution >= 4 is 21.6 Å². The zero-order valence-electron chi connectivity index (χ0n) is 12.7. The maximum Gasteiger partial charge on any atom is 0.264 e. The number of ether oxygens (including phenoxy) is 2. The zero-order valence-corrected chi connectivity index (χ0v) is 13.5. The molecule has 0 spiro atoms. The Balaban J connectivity index is 1.52. The van der Waals surface area contributed by atoms with Gasteiger partial charge in [-0.15, -0.1) is 11.3 Å². The first-order chi connectivity index (χ1) is 11.8. The van der Waals surface area contributed by atoms with E-state index in [0.29, 0.717) is 17.6 Å². The number of hydrogen-bond donors (Lipinski definition) is 0. The van der Waals surface area contributed by atoms with E-state index < -0.39 is 0 Å². The fourth-order valence-electron chi connectivity index (χ4n) is 2.21. The average Bonchev–Trinajstić information content (AvgIpc) is 3.29. The van der Waals surface area contributed by atoms with Crippen molar-refractivity contribution in [3.8, 4) is 23.0 Å². The Morgan fingerprint density at radius 2 is 2.17 bits per heavy atom. The molecule has 24 heavy (non-hydrogen) atoms. The summed E-state index contributed by atoms with van der Waals surface area (Å²) in [5.74, 6) is 2.09. The average molecular weight is 340 g/mol. The molecule has 8 heteroatoms. The maximum absolute atomic E-state index is 5.69. The van der Waals surface area contributed by atoms with E-state index in [9.17, 15) is 0 Å². The standard InChI is InChI=1S/C16H12N4O3S/c1-21-11-4-2-3-10(7-11)14-19-13(23-20-14)8-22-15-12-5-6-24-16(12)18-9-17-15/h2-7,9H,8H2,1H3. The third-order valence-electron chi connectivity index (χ3n) is 3.35. The Labute approximate surface area is 140 Å². The molecule has 3 heterocycles. The molecule has 0 aliphatic heterocycles. The van der Waals surface area contributed by atoms with Gasteiger partial charge in [0, 0.05) is 5.56 Å². The monoisotopic (exact) mass is 340 g/mol. The van der Waals surface area contributed by atoms with Gasteiger partial charge in [0.25, 0.3) is 5.89 Å². The molecule has 0 radical (unpaired) electrons. The Morgan fingerprint density at radius 1 is 1.21 bits per heavy atom. The minimum atomic E-state index is 0.138. The van der Waals surface area contributed by atoms with Gasteiger partial charge in [-0.25, -0.2) is 9.97 Å². The van der Waals surface area contributed by atoms with Crippen molar-refractivity contribution in [3.63, 3.8) is 0 Å². The van der Waals surface area contributed by atoms with E-state index in [1.807, 2.05) is 35.7 Å². The Morgan fingerprint density at radius 3 is 3.08 bits per heavy atom. The fraction of sp³-hybridized carbons (Fsp3) is 0.125. The number of benzene rings is 1. The van der Waals surface area contributed by atoms with Crippen molar-refractivity contribution in [3.05, 3.63) is 47.9 Å². The highest BCUT2D eigenvalue weighted by atomic mass is 32.1. The van der Waals surface area contributed by atoms with E-state index in [0.717, 1.165) is 21.5 Å². The lowest BCUT2D eigenvalue weighted by molar-refractivity contribution is 0.238. The predicted molar refractivity (Wildman–Crippen MR) is 88.0 cm³/mol. The van der Waals surface area contributed by atoms with Crippen LogP contribution >= 0.6 is 11.3 Å². The highest BCUT2D eigenvalue weighted by Crippen LogP contribution is 2.26. The van der Waals surface area contributed by atoms with Crippen molar-refractivity contribution in [1.29, 1.82) is 0 Å². The first-order valence-corrected chi connectivity index (χ1v) is 7.99. The Hall–Kier alpha value is -3.00. The normalized spacial score (nSPS) is 10.9. The van der Waals surface area contributed by atoms with E-state index in [4.69, 9.17) is 14.0 Å². The van der Waals surface area contributed by atoms with Crippen LogP contribution in [0.4, 0.5) is 0 Å². The van der Waals surface area contributed by atoms with E-state index >= 15 is 0 Å². The van der Waals surface area contributed by atoms with Gasteiger partial charge in [-0.3, -0.25) is 0 Å². The first-order valence-electron chi connectivity index (χ1n) is 7.11. The van der Waals surface area contributed by atoms with Gasteiger partial charge in [-0.2, -0.15) is 4.98 Å². The summed E-state index contributed by atoms with van der Waals surface area (Å²) in [5, 5.41) is 6.79. The van der Waals surface area contributed by atoms with Crippen LogP contribution in [0.2, 0.25) is 0 Å². The van der Waals surface area contributed by atoms with Gasteiger partial charge in [-0.05, 0) is 23.6 Å². The number of aromatic nitrogens is 4. The molecule has 120 valence electrons. The Kier molecular flexibility index (Phi) is 3.80. The fourth-order valence-corrected chi connectivity index (χ4v) is 2.93. The van der Waals surface area contributed by atoms with Crippen molar-refractivity contribution in [2.75, 3.05) is 7.11 Å². The van der Waals surface area contributed by atoms with Crippen LogP contribution in [0.3, 0.4) is 0 Å². The molecule has 0 N–H and O–H groups in total. The van der Waals surface area contributed by atoms with E-state index in [1.165, 1.54) is 17.7 Å². The lowest BCUT2D eigenvalue weighted by Gasteiger charge is -2.02. The Bertz CT molecular complexity index is 982. The largest absolute Gasteiger partial charge is 0.497 e. The number of nitrogens with zero attached hydrogens (tertiary/aromatic N) is 4. The first kappa shape index (κ1) is 14.6. The molecular weight excluding hydrogens is 328 g/mol. The topological polar surface area (TPSA) is 83.2 Å². The van der Waals surface area contributed by atoms with Crippen LogP contribution in [0.1, 0.15) is 5.89 Å². The van der Waals surface area contributed by atoms with Crippen molar-refractivity contribution in [2.45, 2.75) is 6.61 Å².